The fraction of sp³-hybridized carbons (Fsp3) is 0.933. The van der Waals surface area contributed by atoms with Gasteiger partial charge in [0.05, 0.1) is 0 Å². The molecule has 0 spiro atoms. The molecule has 0 radical (unpaired) electrons. The summed E-state index contributed by atoms with van der Waals surface area (Å²) in [7, 11) is 0. The van der Waals surface area contributed by atoms with Crippen LogP contribution in [-0.4, -0.2) is 26.0 Å². The van der Waals surface area contributed by atoms with Crippen molar-refractivity contribution in [3.05, 3.63) is 12.2 Å². The van der Waals surface area contributed by atoms with Gasteiger partial charge in [0.2, 0.25) is 0 Å². The first kappa shape index (κ1) is 32.6. The van der Waals surface area contributed by atoms with Crippen molar-refractivity contribution in [1.82, 2.24) is 0 Å². The first-order valence-electron chi connectivity index (χ1n) is 14.9. The van der Waals surface area contributed by atoms with Gasteiger partial charge in [-0.05, 0) is 38.5 Å². The first-order valence-corrected chi connectivity index (χ1v) is 14.9. The quantitative estimate of drug-likeness (QED) is 0.0707. The third-order valence-corrected chi connectivity index (χ3v) is 6.45. The maximum absolute atomic E-state index is 5.83. The highest BCUT2D eigenvalue weighted by atomic mass is 16.7. The van der Waals surface area contributed by atoms with Gasteiger partial charge in [0.1, 0.15) is 0 Å². The van der Waals surface area contributed by atoms with Gasteiger partial charge < -0.3 is 15.2 Å². The molecular formula is C30H61NO2. The van der Waals surface area contributed by atoms with Crippen molar-refractivity contribution in [2.75, 3.05) is 19.8 Å². The molecule has 0 aromatic rings. The lowest BCUT2D eigenvalue weighted by Gasteiger charge is -2.16. The Hall–Kier alpha value is -0.380. The van der Waals surface area contributed by atoms with Gasteiger partial charge >= 0.3 is 0 Å². The van der Waals surface area contributed by atoms with Crippen molar-refractivity contribution in [2.24, 2.45) is 5.73 Å². The van der Waals surface area contributed by atoms with Crippen molar-refractivity contribution in [1.29, 1.82) is 0 Å². The number of allylic oxidation sites excluding steroid dienone is 2. The predicted molar refractivity (Wildman–Crippen MR) is 147 cm³/mol. The van der Waals surface area contributed by atoms with Crippen LogP contribution < -0.4 is 5.73 Å². The number of ether oxygens (including phenoxy) is 2. The molecule has 2 N–H and O–H groups in total. The lowest BCUT2D eigenvalue weighted by molar-refractivity contribution is -0.137. The van der Waals surface area contributed by atoms with Crippen LogP contribution in [0.1, 0.15) is 155 Å². The van der Waals surface area contributed by atoms with Crippen molar-refractivity contribution in [2.45, 2.75) is 161 Å². The molecule has 1 atom stereocenters. The fourth-order valence-corrected chi connectivity index (χ4v) is 4.20. The molecule has 0 aliphatic rings. The van der Waals surface area contributed by atoms with Gasteiger partial charge in [0.15, 0.2) is 6.29 Å². The molecule has 1 unspecified atom stereocenters. The Balaban J connectivity index is 3.29. The van der Waals surface area contributed by atoms with Crippen LogP contribution in [0.4, 0.5) is 0 Å². The molecule has 0 heterocycles. The SMILES string of the molecule is CCCCCCCC/C=C\CCCCCCCCOC(CN)OCCCCCCCCCC. The molecule has 0 saturated carbocycles. The van der Waals surface area contributed by atoms with Crippen molar-refractivity contribution < 1.29 is 9.47 Å². The van der Waals surface area contributed by atoms with E-state index in [4.69, 9.17) is 15.2 Å². The molecule has 0 aliphatic heterocycles. The Kier molecular flexibility index (Phi) is 29.3. The zero-order valence-electron chi connectivity index (χ0n) is 22.8. The number of nitrogens with two attached hydrogens (primary N) is 1. The van der Waals surface area contributed by atoms with Crippen LogP contribution >= 0.6 is 0 Å². The minimum absolute atomic E-state index is 0.210. The smallest absolute Gasteiger partial charge is 0.169 e. The summed E-state index contributed by atoms with van der Waals surface area (Å²) in [6.07, 6.45) is 33.8. The molecule has 198 valence electrons. The zero-order chi connectivity index (χ0) is 24.1. The highest BCUT2D eigenvalue weighted by Crippen LogP contribution is 2.11. The summed E-state index contributed by atoms with van der Waals surface area (Å²) in [5.74, 6) is 0. The van der Waals surface area contributed by atoms with E-state index in [2.05, 4.69) is 26.0 Å². The van der Waals surface area contributed by atoms with Gasteiger partial charge in [0.25, 0.3) is 0 Å². The van der Waals surface area contributed by atoms with E-state index in [0.29, 0.717) is 6.54 Å². The van der Waals surface area contributed by atoms with Gasteiger partial charge in [-0.3, -0.25) is 0 Å². The molecule has 0 aromatic heterocycles. The molecule has 0 bridgehead atoms. The summed E-state index contributed by atoms with van der Waals surface area (Å²) >= 11 is 0. The highest BCUT2D eigenvalue weighted by molar-refractivity contribution is 4.81. The molecule has 3 nitrogen and oxygen atoms in total. The second-order valence-electron chi connectivity index (χ2n) is 9.82. The van der Waals surface area contributed by atoms with E-state index in [1.807, 2.05) is 0 Å². The molecule has 0 fully saturated rings. The van der Waals surface area contributed by atoms with E-state index in [1.54, 1.807) is 0 Å². The van der Waals surface area contributed by atoms with Crippen LogP contribution in [0.5, 0.6) is 0 Å². The lowest BCUT2D eigenvalue weighted by Crippen LogP contribution is -2.27. The molecule has 0 amide bonds. The Morgan fingerprint density at radius 2 is 0.818 bits per heavy atom. The van der Waals surface area contributed by atoms with E-state index in [1.165, 1.54) is 128 Å². The van der Waals surface area contributed by atoms with Gasteiger partial charge in [-0.15, -0.1) is 0 Å². The average Bonchev–Trinajstić information content (AvgIpc) is 2.83. The van der Waals surface area contributed by atoms with E-state index >= 15 is 0 Å². The van der Waals surface area contributed by atoms with Gasteiger partial charge in [0, 0.05) is 19.8 Å². The topological polar surface area (TPSA) is 44.5 Å². The Morgan fingerprint density at radius 1 is 0.485 bits per heavy atom. The molecule has 0 aromatic carbocycles. The number of unbranched alkanes of at least 4 members (excludes halogenated alkanes) is 19. The summed E-state index contributed by atoms with van der Waals surface area (Å²) in [6, 6.07) is 0. The largest absolute Gasteiger partial charge is 0.351 e. The summed E-state index contributed by atoms with van der Waals surface area (Å²) in [5, 5.41) is 0. The molecule has 33 heavy (non-hydrogen) atoms. The third kappa shape index (κ3) is 27.7. The Labute approximate surface area is 208 Å². The molecule has 3 heteroatoms. The van der Waals surface area contributed by atoms with Crippen molar-refractivity contribution >= 4 is 0 Å². The third-order valence-electron chi connectivity index (χ3n) is 6.45. The second-order valence-corrected chi connectivity index (χ2v) is 9.82. The average molecular weight is 468 g/mol. The minimum atomic E-state index is -0.210. The monoisotopic (exact) mass is 467 g/mol. The Bertz CT molecular complexity index is 372. The van der Waals surface area contributed by atoms with Crippen LogP contribution in [0.3, 0.4) is 0 Å². The summed E-state index contributed by atoms with van der Waals surface area (Å²) in [4.78, 5) is 0. The van der Waals surface area contributed by atoms with E-state index in [-0.39, 0.29) is 6.29 Å². The molecular weight excluding hydrogens is 406 g/mol. The van der Waals surface area contributed by atoms with Crippen LogP contribution in [0, 0.1) is 0 Å². The first-order chi connectivity index (χ1) is 16.3. The fourth-order valence-electron chi connectivity index (χ4n) is 4.20. The molecule has 0 rings (SSSR count). The van der Waals surface area contributed by atoms with Gasteiger partial charge in [-0.1, -0.05) is 129 Å². The molecule has 0 saturated heterocycles. The molecule has 0 aliphatic carbocycles. The highest BCUT2D eigenvalue weighted by Gasteiger charge is 2.06. The van der Waals surface area contributed by atoms with Crippen LogP contribution in [0.25, 0.3) is 0 Å². The number of rotatable bonds is 28. The van der Waals surface area contributed by atoms with E-state index in [0.717, 1.165) is 26.1 Å². The predicted octanol–water partition coefficient (Wildman–Crippen LogP) is 9.48. The summed E-state index contributed by atoms with van der Waals surface area (Å²) < 4.78 is 11.6. The minimum Gasteiger partial charge on any atom is -0.351 e. The van der Waals surface area contributed by atoms with Crippen molar-refractivity contribution in [3.63, 3.8) is 0 Å². The summed E-state index contributed by atoms with van der Waals surface area (Å²) in [6.45, 7) is 6.57. The number of hydrogen-bond donors (Lipinski definition) is 1. The van der Waals surface area contributed by atoms with E-state index in [9.17, 15) is 0 Å². The summed E-state index contributed by atoms with van der Waals surface area (Å²) in [5.41, 5.74) is 5.80. The van der Waals surface area contributed by atoms with Crippen LogP contribution in [-0.2, 0) is 9.47 Å². The second kappa shape index (κ2) is 29.7. The maximum atomic E-state index is 5.83. The van der Waals surface area contributed by atoms with Gasteiger partial charge in [-0.2, -0.15) is 0 Å². The standard InChI is InChI=1S/C30H61NO2/c1-3-5-7-9-11-13-14-15-16-17-18-19-20-22-24-26-28-33-30(29-31)32-27-25-23-21-12-10-8-6-4-2/h15-16,30H,3-14,17-29,31H2,1-2H3/b16-15-. The Morgan fingerprint density at radius 3 is 1.18 bits per heavy atom. The van der Waals surface area contributed by atoms with Crippen LogP contribution in [0.15, 0.2) is 12.2 Å². The zero-order valence-corrected chi connectivity index (χ0v) is 22.8. The van der Waals surface area contributed by atoms with Gasteiger partial charge in [-0.25, -0.2) is 0 Å². The van der Waals surface area contributed by atoms with Crippen LogP contribution in [0.2, 0.25) is 0 Å². The number of hydrogen-bond acceptors (Lipinski definition) is 3. The van der Waals surface area contributed by atoms with E-state index < -0.39 is 0 Å². The van der Waals surface area contributed by atoms with Crippen molar-refractivity contribution in [3.8, 4) is 0 Å². The lowest BCUT2D eigenvalue weighted by atomic mass is 10.1. The maximum Gasteiger partial charge on any atom is 0.169 e. The normalized spacial score (nSPS) is 12.7.